The maximum absolute atomic E-state index is 12.8. The second-order valence-corrected chi connectivity index (χ2v) is 8.45. The van der Waals surface area contributed by atoms with Gasteiger partial charge >= 0.3 is 0 Å². The van der Waals surface area contributed by atoms with Crippen molar-refractivity contribution in [3.63, 3.8) is 0 Å². The molecule has 1 saturated heterocycles. The Morgan fingerprint density at radius 2 is 1.97 bits per heavy atom. The van der Waals surface area contributed by atoms with Gasteiger partial charge in [0, 0.05) is 31.8 Å². The Hall–Kier alpha value is -2.32. The number of hydrogen-bond acceptors (Lipinski definition) is 6. The summed E-state index contributed by atoms with van der Waals surface area (Å²) in [7, 11) is 1.72. The number of benzene rings is 1. The Labute approximate surface area is 178 Å². The lowest BCUT2D eigenvalue weighted by Gasteiger charge is -2.34. The standard InChI is InChI=1S/C22H32N6O2/c1-30-15-14-27-13-5-8-18(16-27)22(29)23-19-9-11-20(12-10-19)28-25-21(24-26-28)17-6-3-2-4-7-17/h2-4,6-7,18-20H,5,8-16H2,1H3,(H,23,29). The second kappa shape index (κ2) is 10.1. The van der Waals surface area contributed by atoms with Crippen molar-refractivity contribution in [3.8, 4) is 11.4 Å². The highest BCUT2D eigenvalue weighted by Crippen LogP contribution is 2.28. The number of piperidine rings is 1. The summed E-state index contributed by atoms with van der Waals surface area (Å²) in [6.07, 6.45) is 5.89. The van der Waals surface area contributed by atoms with Crippen LogP contribution in [0.2, 0.25) is 0 Å². The number of rotatable bonds is 7. The number of carbonyl (C=O) groups is 1. The second-order valence-electron chi connectivity index (χ2n) is 8.45. The van der Waals surface area contributed by atoms with Crippen LogP contribution < -0.4 is 5.32 Å². The fourth-order valence-electron chi connectivity index (χ4n) is 4.55. The molecule has 2 aliphatic rings. The number of nitrogens with one attached hydrogen (secondary N) is 1. The van der Waals surface area contributed by atoms with Crippen LogP contribution >= 0.6 is 0 Å². The minimum absolute atomic E-state index is 0.0961. The average molecular weight is 413 g/mol. The third kappa shape index (κ3) is 5.23. The summed E-state index contributed by atoms with van der Waals surface area (Å²) >= 11 is 0. The van der Waals surface area contributed by atoms with Gasteiger partial charge in [-0.2, -0.15) is 4.80 Å². The molecular weight excluding hydrogens is 380 g/mol. The van der Waals surface area contributed by atoms with Crippen LogP contribution in [0.15, 0.2) is 30.3 Å². The Balaban J connectivity index is 1.25. The van der Waals surface area contributed by atoms with Gasteiger partial charge in [0.2, 0.25) is 11.7 Å². The predicted molar refractivity (Wildman–Crippen MR) is 114 cm³/mol. The van der Waals surface area contributed by atoms with Crippen molar-refractivity contribution in [2.75, 3.05) is 33.4 Å². The van der Waals surface area contributed by atoms with Crippen LogP contribution in [-0.2, 0) is 9.53 Å². The van der Waals surface area contributed by atoms with E-state index in [-0.39, 0.29) is 23.9 Å². The zero-order chi connectivity index (χ0) is 20.8. The minimum atomic E-state index is 0.0961. The molecule has 4 rings (SSSR count). The van der Waals surface area contributed by atoms with Crippen LogP contribution in [0.5, 0.6) is 0 Å². The van der Waals surface area contributed by atoms with Gasteiger partial charge in [0.25, 0.3) is 0 Å². The molecule has 1 aromatic carbocycles. The molecule has 0 radical (unpaired) electrons. The number of tetrazole rings is 1. The monoisotopic (exact) mass is 412 g/mol. The van der Waals surface area contributed by atoms with Gasteiger partial charge in [-0.15, -0.1) is 10.2 Å². The van der Waals surface area contributed by atoms with Crippen molar-refractivity contribution in [2.24, 2.45) is 5.92 Å². The van der Waals surface area contributed by atoms with Crippen LogP contribution in [0, 0.1) is 5.92 Å². The molecule has 30 heavy (non-hydrogen) atoms. The van der Waals surface area contributed by atoms with Crippen LogP contribution in [0.25, 0.3) is 11.4 Å². The first-order valence-electron chi connectivity index (χ1n) is 11.1. The quantitative estimate of drug-likeness (QED) is 0.751. The average Bonchev–Trinajstić information content (AvgIpc) is 3.29. The molecule has 1 unspecified atom stereocenters. The van der Waals surface area contributed by atoms with Crippen molar-refractivity contribution in [2.45, 2.75) is 50.6 Å². The molecule has 0 bridgehead atoms. The number of hydrogen-bond donors (Lipinski definition) is 1. The molecule has 0 spiro atoms. The smallest absolute Gasteiger partial charge is 0.224 e. The van der Waals surface area contributed by atoms with Gasteiger partial charge in [0.15, 0.2) is 0 Å². The molecular formula is C22H32N6O2. The van der Waals surface area contributed by atoms with Crippen molar-refractivity contribution < 1.29 is 9.53 Å². The summed E-state index contributed by atoms with van der Waals surface area (Å²) in [6.45, 7) is 3.53. The molecule has 1 aromatic heterocycles. The van der Waals surface area contributed by atoms with Crippen LogP contribution in [0.1, 0.15) is 44.6 Å². The molecule has 1 aliphatic carbocycles. The molecule has 162 valence electrons. The van der Waals surface area contributed by atoms with Crippen molar-refractivity contribution in [1.29, 1.82) is 0 Å². The zero-order valence-electron chi connectivity index (χ0n) is 17.7. The molecule has 2 fully saturated rings. The molecule has 8 heteroatoms. The Morgan fingerprint density at radius 3 is 2.73 bits per heavy atom. The van der Waals surface area contributed by atoms with Crippen molar-refractivity contribution >= 4 is 5.91 Å². The van der Waals surface area contributed by atoms with Gasteiger partial charge < -0.3 is 15.0 Å². The van der Waals surface area contributed by atoms with Crippen LogP contribution in [0.3, 0.4) is 0 Å². The number of aromatic nitrogens is 4. The molecule has 1 aliphatic heterocycles. The maximum atomic E-state index is 12.8. The molecule has 1 atom stereocenters. The van der Waals surface area contributed by atoms with E-state index >= 15 is 0 Å². The van der Waals surface area contributed by atoms with E-state index in [2.05, 4.69) is 25.6 Å². The lowest BCUT2D eigenvalue weighted by molar-refractivity contribution is -0.127. The zero-order valence-corrected chi connectivity index (χ0v) is 17.7. The fraction of sp³-hybridized carbons (Fsp3) is 0.636. The topological polar surface area (TPSA) is 85.2 Å². The van der Waals surface area contributed by atoms with Crippen molar-refractivity contribution in [3.05, 3.63) is 30.3 Å². The largest absolute Gasteiger partial charge is 0.383 e. The number of amides is 1. The molecule has 2 aromatic rings. The third-order valence-corrected chi connectivity index (χ3v) is 6.32. The summed E-state index contributed by atoms with van der Waals surface area (Å²) in [5.74, 6) is 0.978. The van der Waals surface area contributed by atoms with E-state index in [1.54, 1.807) is 11.9 Å². The fourth-order valence-corrected chi connectivity index (χ4v) is 4.55. The number of carbonyl (C=O) groups excluding carboxylic acids is 1. The molecule has 1 saturated carbocycles. The maximum Gasteiger partial charge on any atom is 0.224 e. The van der Waals surface area contributed by atoms with Crippen LogP contribution in [0.4, 0.5) is 0 Å². The van der Waals surface area contributed by atoms with Crippen molar-refractivity contribution in [1.82, 2.24) is 30.4 Å². The Morgan fingerprint density at radius 1 is 1.17 bits per heavy atom. The lowest BCUT2D eigenvalue weighted by atomic mass is 9.90. The number of ether oxygens (including phenoxy) is 1. The van der Waals surface area contributed by atoms with Gasteiger partial charge in [-0.1, -0.05) is 30.3 Å². The lowest BCUT2D eigenvalue weighted by Crippen LogP contribution is -2.47. The summed E-state index contributed by atoms with van der Waals surface area (Å²) in [5.41, 5.74) is 0.983. The minimum Gasteiger partial charge on any atom is -0.383 e. The van der Waals surface area contributed by atoms with E-state index in [0.29, 0.717) is 5.82 Å². The Bertz CT molecular complexity index is 803. The van der Waals surface area contributed by atoms with Gasteiger partial charge in [-0.25, -0.2) is 0 Å². The van der Waals surface area contributed by atoms with E-state index in [9.17, 15) is 4.79 Å². The highest BCUT2D eigenvalue weighted by molar-refractivity contribution is 5.79. The molecule has 1 amide bonds. The van der Waals surface area contributed by atoms with Gasteiger partial charge in [-0.3, -0.25) is 4.79 Å². The summed E-state index contributed by atoms with van der Waals surface area (Å²) in [6, 6.07) is 10.4. The third-order valence-electron chi connectivity index (χ3n) is 6.32. The first-order valence-corrected chi connectivity index (χ1v) is 11.1. The summed E-state index contributed by atoms with van der Waals surface area (Å²) in [4.78, 5) is 16.9. The molecule has 1 N–H and O–H groups in total. The number of methoxy groups -OCH3 is 1. The molecule has 8 nitrogen and oxygen atoms in total. The number of nitrogens with zero attached hydrogens (tertiary/aromatic N) is 5. The highest BCUT2D eigenvalue weighted by Gasteiger charge is 2.30. The van der Waals surface area contributed by atoms with E-state index in [1.807, 2.05) is 30.3 Å². The highest BCUT2D eigenvalue weighted by atomic mass is 16.5. The summed E-state index contributed by atoms with van der Waals surface area (Å²) < 4.78 is 5.18. The van der Waals surface area contributed by atoms with E-state index in [4.69, 9.17) is 4.74 Å². The predicted octanol–water partition coefficient (Wildman–Crippen LogP) is 2.30. The normalized spacial score (nSPS) is 25.2. The number of likely N-dealkylation sites (tertiary alicyclic amines) is 1. The SMILES string of the molecule is COCCN1CCCC(C(=O)NC2CCC(n3nnc(-c4ccccc4)n3)CC2)C1. The molecule has 2 heterocycles. The van der Waals surface area contributed by atoms with Gasteiger partial charge in [0.05, 0.1) is 18.6 Å². The first kappa shape index (κ1) is 20.9. The van der Waals surface area contributed by atoms with E-state index in [1.165, 1.54) is 0 Å². The van der Waals surface area contributed by atoms with Gasteiger partial charge in [0.1, 0.15) is 0 Å². The van der Waals surface area contributed by atoms with E-state index in [0.717, 1.165) is 70.3 Å². The van der Waals surface area contributed by atoms with Gasteiger partial charge in [-0.05, 0) is 50.3 Å². The first-order chi connectivity index (χ1) is 14.7. The van der Waals surface area contributed by atoms with Crippen LogP contribution in [-0.4, -0.2) is 70.4 Å². The summed E-state index contributed by atoms with van der Waals surface area (Å²) in [5, 5.41) is 16.4. The Kier molecular flexibility index (Phi) is 7.07. The van der Waals surface area contributed by atoms with E-state index < -0.39 is 0 Å².